The molecule has 1 fully saturated rings. The quantitative estimate of drug-likeness (QED) is 0.769. The van der Waals surface area contributed by atoms with Crippen LogP contribution in [0.2, 0.25) is 0 Å². The smallest absolute Gasteiger partial charge is 0.305 e. The molecule has 0 atom stereocenters. The minimum absolute atomic E-state index is 0.0415. The molecule has 144 valence electrons. The molecule has 6 nitrogen and oxygen atoms in total. The van der Waals surface area contributed by atoms with Gasteiger partial charge in [-0.3, -0.25) is 9.59 Å². The average Bonchev–Trinajstić information content (AvgIpc) is 2.60. The first-order chi connectivity index (χ1) is 12.4. The van der Waals surface area contributed by atoms with Crippen molar-refractivity contribution < 1.29 is 24.2 Å². The number of amides is 1. The van der Waals surface area contributed by atoms with Crippen molar-refractivity contribution in [1.82, 2.24) is 4.90 Å². The fourth-order valence-electron chi connectivity index (χ4n) is 3.27. The molecular formula is C20H29NO5. The first kappa shape index (κ1) is 20.2. The number of carboxylic acids is 1. The summed E-state index contributed by atoms with van der Waals surface area (Å²) in [5.74, 6) is -0.143. The molecule has 0 spiro atoms. The predicted octanol–water partition coefficient (Wildman–Crippen LogP) is 2.86. The molecule has 0 radical (unpaired) electrons. The van der Waals surface area contributed by atoms with E-state index in [2.05, 4.69) is 6.07 Å². The molecule has 0 unspecified atom stereocenters. The number of benzene rings is 1. The highest BCUT2D eigenvalue weighted by atomic mass is 16.5. The van der Waals surface area contributed by atoms with Gasteiger partial charge in [0.2, 0.25) is 5.91 Å². The number of hydrogen-bond acceptors (Lipinski definition) is 4. The van der Waals surface area contributed by atoms with Crippen LogP contribution in [0.25, 0.3) is 0 Å². The second-order valence-corrected chi connectivity index (χ2v) is 6.88. The number of aliphatic carboxylic acids is 1. The van der Waals surface area contributed by atoms with Gasteiger partial charge in [-0.1, -0.05) is 6.07 Å². The zero-order valence-electron chi connectivity index (χ0n) is 15.9. The number of carbonyl (C=O) groups is 2. The van der Waals surface area contributed by atoms with Crippen LogP contribution < -0.4 is 4.74 Å². The first-order valence-corrected chi connectivity index (χ1v) is 9.18. The standard InChI is InChI=1S/C20H29NO5/c1-14-12-15(2)16(3)18(13-14)26-11-7-19(22)21(8-4-20(23)24)17-5-9-25-10-6-17/h12-13,17H,4-11H2,1-3H3,(H,23,24). The number of carbonyl (C=O) groups excluding carboxylic acids is 1. The van der Waals surface area contributed by atoms with E-state index >= 15 is 0 Å². The number of rotatable bonds is 8. The van der Waals surface area contributed by atoms with Gasteiger partial charge in [-0.2, -0.15) is 0 Å². The Hall–Kier alpha value is -2.08. The lowest BCUT2D eigenvalue weighted by Crippen LogP contribution is -2.44. The first-order valence-electron chi connectivity index (χ1n) is 9.18. The summed E-state index contributed by atoms with van der Waals surface area (Å²) in [6, 6.07) is 4.14. The van der Waals surface area contributed by atoms with Crippen LogP contribution in [0.3, 0.4) is 0 Å². The molecule has 6 heteroatoms. The lowest BCUT2D eigenvalue weighted by molar-refractivity contribution is -0.140. The lowest BCUT2D eigenvalue weighted by Gasteiger charge is -2.34. The maximum Gasteiger partial charge on any atom is 0.305 e. The van der Waals surface area contributed by atoms with E-state index in [4.69, 9.17) is 14.6 Å². The summed E-state index contributed by atoms with van der Waals surface area (Å²) in [7, 11) is 0. The van der Waals surface area contributed by atoms with Crippen LogP contribution in [0.4, 0.5) is 0 Å². The van der Waals surface area contributed by atoms with E-state index in [-0.39, 0.29) is 37.9 Å². The van der Waals surface area contributed by atoms with Gasteiger partial charge in [-0.25, -0.2) is 0 Å². The zero-order valence-corrected chi connectivity index (χ0v) is 15.9. The normalized spacial score (nSPS) is 14.9. The van der Waals surface area contributed by atoms with Crippen LogP contribution >= 0.6 is 0 Å². The van der Waals surface area contributed by atoms with Crippen molar-refractivity contribution in [2.75, 3.05) is 26.4 Å². The van der Waals surface area contributed by atoms with Crippen LogP contribution in [0.5, 0.6) is 5.75 Å². The molecule has 1 heterocycles. The summed E-state index contributed by atoms with van der Waals surface area (Å²) < 4.78 is 11.2. The fourth-order valence-corrected chi connectivity index (χ4v) is 3.27. The maximum absolute atomic E-state index is 12.7. The van der Waals surface area contributed by atoms with Crippen molar-refractivity contribution in [3.05, 3.63) is 28.8 Å². The van der Waals surface area contributed by atoms with E-state index in [0.717, 1.165) is 35.3 Å². The Morgan fingerprint density at radius 1 is 1.19 bits per heavy atom. The Balaban J connectivity index is 1.94. The SMILES string of the molecule is Cc1cc(C)c(C)c(OCCC(=O)N(CCC(=O)O)C2CCOCC2)c1. The van der Waals surface area contributed by atoms with Crippen LogP contribution in [-0.4, -0.2) is 54.3 Å². The summed E-state index contributed by atoms with van der Waals surface area (Å²) in [4.78, 5) is 25.3. The van der Waals surface area contributed by atoms with E-state index in [1.54, 1.807) is 4.90 Å². The summed E-state index contributed by atoms with van der Waals surface area (Å²) in [6.45, 7) is 7.81. The minimum atomic E-state index is -0.892. The van der Waals surface area contributed by atoms with Gasteiger partial charge in [0.15, 0.2) is 0 Å². The van der Waals surface area contributed by atoms with E-state index in [0.29, 0.717) is 13.2 Å². The third kappa shape index (κ3) is 5.73. The van der Waals surface area contributed by atoms with Crippen LogP contribution in [0.1, 0.15) is 42.4 Å². The van der Waals surface area contributed by atoms with Crippen molar-refractivity contribution in [3.63, 3.8) is 0 Å². The summed E-state index contributed by atoms with van der Waals surface area (Å²) >= 11 is 0. The summed E-state index contributed by atoms with van der Waals surface area (Å²) in [5.41, 5.74) is 3.37. The van der Waals surface area contributed by atoms with Crippen LogP contribution in [-0.2, 0) is 14.3 Å². The molecule has 1 saturated heterocycles. The van der Waals surface area contributed by atoms with Crippen molar-refractivity contribution in [2.45, 2.75) is 52.5 Å². The third-order valence-electron chi connectivity index (χ3n) is 4.86. The molecule has 1 aliphatic rings. The number of hydrogen-bond donors (Lipinski definition) is 1. The highest BCUT2D eigenvalue weighted by Gasteiger charge is 2.26. The van der Waals surface area contributed by atoms with Gasteiger partial charge in [0.05, 0.1) is 19.4 Å². The topological polar surface area (TPSA) is 76.1 Å². The van der Waals surface area contributed by atoms with Gasteiger partial charge >= 0.3 is 5.97 Å². The molecule has 26 heavy (non-hydrogen) atoms. The van der Waals surface area contributed by atoms with Crippen molar-refractivity contribution in [2.24, 2.45) is 0 Å². The van der Waals surface area contributed by atoms with Crippen molar-refractivity contribution in [1.29, 1.82) is 0 Å². The lowest BCUT2D eigenvalue weighted by atomic mass is 10.1. The monoisotopic (exact) mass is 363 g/mol. The van der Waals surface area contributed by atoms with Gasteiger partial charge in [-0.05, 0) is 56.4 Å². The molecule has 1 aliphatic heterocycles. The Labute approximate surface area is 155 Å². The molecule has 0 bridgehead atoms. The van der Waals surface area contributed by atoms with Gasteiger partial charge < -0.3 is 19.5 Å². The highest BCUT2D eigenvalue weighted by Crippen LogP contribution is 2.23. The Bertz CT molecular complexity index is 637. The number of carboxylic acid groups (broad SMARTS) is 1. The van der Waals surface area contributed by atoms with Crippen LogP contribution in [0, 0.1) is 20.8 Å². The van der Waals surface area contributed by atoms with Gasteiger partial charge in [0.1, 0.15) is 5.75 Å². The van der Waals surface area contributed by atoms with E-state index in [1.807, 2.05) is 26.8 Å². The summed E-state index contributed by atoms with van der Waals surface area (Å²) in [5, 5.41) is 8.96. The van der Waals surface area contributed by atoms with E-state index in [9.17, 15) is 9.59 Å². The molecule has 1 N–H and O–H groups in total. The molecule has 1 aromatic rings. The zero-order chi connectivity index (χ0) is 19.1. The van der Waals surface area contributed by atoms with E-state index < -0.39 is 5.97 Å². The Morgan fingerprint density at radius 3 is 2.54 bits per heavy atom. The van der Waals surface area contributed by atoms with Crippen molar-refractivity contribution >= 4 is 11.9 Å². The maximum atomic E-state index is 12.7. The summed E-state index contributed by atoms with van der Waals surface area (Å²) in [6.07, 6.45) is 1.70. The second kappa shape index (κ2) is 9.57. The van der Waals surface area contributed by atoms with E-state index in [1.165, 1.54) is 0 Å². The number of aryl methyl sites for hydroxylation is 2. The highest BCUT2D eigenvalue weighted by molar-refractivity contribution is 5.77. The number of ether oxygens (including phenoxy) is 2. The van der Waals surface area contributed by atoms with Crippen molar-refractivity contribution in [3.8, 4) is 5.75 Å². The molecule has 1 amide bonds. The second-order valence-electron chi connectivity index (χ2n) is 6.88. The average molecular weight is 363 g/mol. The Kier molecular flexibility index (Phi) is 7.45. The molecular weight excluding hydrogens is 334 g/mol. The molecule has 0 aromatic heterocycles. The molecule has 2 rings (SSSR count). The van der Waals surface area contributed by atoms with Gasteiger partial charge in [0, 0.05) is 25.8 Å². The molecule has 0 saturated carbocycles. The number of nitrogens with zero attached hydrogens (tertiary/aromatic N) is 1. The minimum Gasteiger partial charge on any atom is -0.493 e. The van der Waals surface area contributed by atoms with Gasteiger partial charge in [0.25, 0.3) is 0 Å². The Morgan fingerprint density at radius 2 is 1.88 bits per heavy atom. The van der Waals surface area contributed by atoms with Crippen LogP contribution in [0.15, 0.2) is 12.1 Å². The molecule has 0 aliphatic carbocycles. The predicted molar refractivity (Wildman–Crippen MR) is 98.6 cm³/mol. The molecule has 1 aromatic carbocycles. The van der Waals surface area contributed by atoms with Gasteiger partial charge in [-0.15, -0.1) is 0 Å². The largest absolute Gasteiger partial charge is 0.493 e. The fraction of sp³-hybridized carbons (Fsp3) is 0.600. The third-order valence-corrected chi connectivity index (χ3v) is 4.86.